The minimum absolute atomic E-state index is 0.148. The van der Waals surface area contributed by atoms with E-state index in [1.54, 1.807) is 11.3 Å². The van der Waals surface area contributed by atoms with Gasteiger partial charge >= 0.3 is 0 Å². The second-order valence-electron chi connectivity index (χ2n) is 3.64. The van der Waals surface area contributed by atoms with Crippen LogP contribution in [-0.4, -0.2) is 37.0 Å². The summed E-state index contributed by atoms with van der Waals surface area (Å²) in [6.45, 7) is 3.87. The average Bonchev–Trinajstić information content (AvgIpc) is 2.47. The summed E-state index contributed by atoms with van der Waals surface area (Å²) < 4.78 is 0. The van der Waals surface area contributed by atoms with Gasteiger partial charge in [0.1, 0.15) is 0 Å². The molecule has 0 aromatic carbocycles. The Morgan fingerprint density at radius 2 is 2.29 bits per heavy atom. The molecule has 0 saturated carbocycles. The summed E-state index contributed by atoms with van der Waals surface area (Å²) in [5.74, 6) is 0.148. The molecule has 0 unspecified atom stereocenters. The Balaban J connectivity index is 2.07. The van der Waals surface area contributed by atoms with Gasteiger partial charge in [-0.25, -0.2) is 0 Å². The van der Waals surface area contributed by atoms with Gasteiger partial charge in [-0.3, -0.25) is 4.79 Å². The number of likely N-dealkylation sites (N-methyl/N-ethyl adjacent to an activating group) is 1. The molecular weight excluding hydrogens is 196 g/mol. The first-order valence-electron chi connectivity index (χ1n) is 4.73. The van der Waals surface area contributed by atoms with E-state index in [-0.39, 0.29) is 5.91 Å². The lowest BCUT2D eigenvalue weighted by molar-refractivity contribution is 0.0686. The molecule has 1 aromatic rings. The predicted octanol–water partition coefficient (Wildman–Crippen LogP) is 1.10. The number of aryl methyl sites for hydroxylation is 1. The van der Waals surface area contributed by atoms with Crippen LogP contribution in [0.4, 0.5) is 0 Å². The van der Waals surface area contributed by atoms with E-state index in [1.807, 2.05) is 31.0 Å². The third-order valence-corrected chi connectivity index (χ3v) is 3.57. The first-order valence-corrected chi connectivity index (χ1v) is 5.54. The maximum Gasteiger partial charge on any atom is 0.264 e. The molecule has 1 saturated heterocycles. The topological polar surface area (TPSA) is 32.3 Å². The summed E-state index contributed by atoms with van der Waals surface area (Å²) in [5, 5.41) is 3.16. The number of amides is 1. The third kappa shape index (κ3) is 1.67. The van der Waals surface area contributed by atoms with Gasteiger partial charge in [0.25, 0.3) is 5.91 Å². The molecular formula is C10H14N2OS. The summed E-state index contributed by atoms with van der Waals surface area (Å²) in [4.78, 5) is 15.8. The van der Waals surface area contributed by atoms with Crippen LogP contribution in [0, 0.1) is 6.92 Å². The maximum absolute atomic E-state index is 11.9. The standard InChI is InChI=1S/C10H14N2OS/c1-7-3-4-9(14-7)10(13)12(2)8-5-11-6-8/h3-4,8,11H,5-6H2,1-2H3. The van der Waals surface area contributed by atoms with Crippen LogP contribution in [-0.2, 0) is 0 Å². The monoisotopic (exact) mass is 210 g/mol. The van der Waals surface area contributed by atoms with E-state index in [0.717, 1.165) is 18.0 Å². The minimum Gasteiger partial charge on any atom is -0.335 e. The summed E-state index contributed by atoms with van der Waals surface area (Å²) in [6, 6.07) is 4.28. The fourth-order valence-electron chi connectivity index (χ4n) is 1.44. The Bertz CT molecular complexity index is 344. The summed E-state index contributed by atoms with van der Waals surface area (Å²) in [5.41, 5.74) is 0. The molecule has 2 heterocycles. The van der Waals surface area contributed by atoms with Crippen LogP contribution in [0.15, 0.2) is 12.1 Å². The summed E-state index contributed by atoms with van der Waals surface area (Å²) >= 11 is 1.56. The van der Waals surface area contributed by atoms with Gasteiger partial charge in [0.2, 0.25) is 0 Å². The Hall–Kier alpha value is -0.870. The highest BCUT2D eigenvalue weighted by atomic mass is 32.1. The van der Waals surface area contributed by atoms with Crippen molar-refractivity contribution in [2.45, 2.75) is 13.0 Å². The lowest BCUT2D eigenvalue weighted by atomic mass is 10.1. The van der Waals surface area contributed by atoms with Crippen LogP contribution in [0.25, 0.3) is 0 Å². The van der Waals surface area contributed by atoms with Gasteiger partial charge in [0, 0.05) is 25.0 Å². The quantitative estimate of drug-likeness (QED) is 0.793. The Kier molecular flexibility index (Phi) is 2.56. The summed E-state index contributed by atoms with van der Waals surface area (Å²) in [7, 11) is 1.88. The first-order chi connectivity index (χ1) is 6.68. The number of thiophene rings is 1. The Morgan fingerprint density at radius 3 is 2.71 bits per heavy atom. The number of carbonyl (C=O) groups is 1. The predicted molar refractivity (Wildman–Crippen MR) is 57.8 cm³/mol. The number of nitrogens with zero attached hydrogens (tertiary/aromatic N) is 1. The zero-order valence-corrected chi connectivity index (χ0v) is 9.23. The average molecular weight is 210 g/mol. The molecule has 1 fully saturated rings. The highest BCUT2D eigenvalue weighted by molar-refractivity contribution is 7.13. The van der Waals surface area contributed by atoms with Crippen molar-refractivity contribution in [1.82, 2.24) is 10.2 Å². The molecule has 0 atom stereocenters. The van der Waals surface area contributed by atoms with E-state index in [9.17, 15) is 4.79 Å². The van der Waals surface area contributed by atoms with Crippen molar-refractivity contribution in [3.05, 3.63) is 21.9 Å². The Labute approximate surface area is 87.7 Å². The summed E-state index contributed by atoms with van der Waals surface area (Å²) in [6.07, 6.45) is 0. The van der Waals surface area contributed by atoms with Crippen LogP contribution in [0.5, 0.6) is 0 Å². The highest BCUT2D eigenvalue weighted by Gasteiger charge is 2.26. The normalized spacial score (nSPS) is 16.4. The molecule has 14 heavy (non-hydrogen) atoms. The van der Waals surface area contributed by atoms with Gasteiger partial charge in [-0.1, -0.05) is 0 Å². The van der Waals surface area contributed by atoms with E-state index in [4.69, 9.17) is 0 Å². The molecule has 1 aliphatic rings. The number of hydrogen-bond donors (Lipinski definition) is 1. The third-order valence-electron chi connectivity index (χ3n) is 2.58. The molecule has 1 N–H and O–H groups in total. The molecule has 2 rings (SSSR count). The van der Waals surface area contributed by atoms with Gasteiger partial charge in [-0.15, -0.1) is 11.3 Å². The van der Waals surface area contributed by atoms with E-state index in [0.29, 0.717) is 6.04 Å². The Morgan fingerprint density at radius 1 is 1.57 bits per heavy atom. The van der Waals surface area contributed by atoms with Gasteiger partial charge in [-0.2, -0.15) is 0 Å². The smallest absolute Gasteiger partial charge is 0.264 e. The van der Waals surface area contributed by atoms with Crippen molar-refractivity contribution < 1.29 is 4.79 Å². The van der Waals surface area contributed by atoms with E-state index >= 15 is 0 Å². The van der Waals surface area contributed by atoms with Gasteiger partial charge in [0.15, 0.2) is 0 Å². The molecule has 0 spiro atoms. The molecule has 4 heteroatoms. The number of rotatable bonds is 2. The van der Waals surface area contributed by atoms with Crippen molar-refractivity contribution >= 4 is 17.2 Å². The number of carbonyl (C=O) groups excluding carboxylic acids is 1. The van der Waals surface area contributed by atoms with Crippen LogP contribution in [0.2, 0.25) is 0 Å². The maximum atomic E-state index is 11.9. The zero-order chi connectivity index (χ0) is 10.1. The number of hydrogen-bond acceptors (Lipinski definition) is 3. The molecule has 1 aliphatic heterocycles. The van der Waals surface area contributed by atoms with Crippen molar-refractivity contribution in [3.63, 3.8) is 0 Å². The van der Waals surface area contributed by atoms with Crippen LogP contribution in [0.3, 0.4) is 0 Å². The van der Waals surface area contributed by atoms with Crippen LogP contribution >= 0.6 is 11.3 Å². The minimum atomic E-state index is 0.148. The fraction of sp³-hybridized carbons (Fsp3) is 0.500. The van der Waals surface area contributed by atoms with Crippen molar-refractivity contribution in [3.8, 4) is 0 Å². The van der Waals surface area contributed by atoms with Gasteiger partial charge < -0.3 is 10.2 Å². The van der Waals surface area contributed by atoms with Crippen LogP contribution in [0.1, 0.15) is 14.5 Å². The van der Waals surface area contributed by atoms with Crippen molar-refractivity contribution in [2.24, 2.45) is 0 Å². The zero-order valence-electron chi connectivity index (χ0n) is 8.41. The van der Waals surface area contributed by atoms with Crippen molar-refractivity contribution in [1.29, 1.82) is 0 Å². The molecule has 76 valence electrons. The largest absolute Gasteiger partial charge is 0.335 e. The van der Waals surface area contributed by atoms with Gasteiger partial charge in [0.05, 0.1) is 10.9 Å². The molecule has 1 amide bonds. The molecule has 0 radical (unpaired) electrons. The molecule has 0 bridgehead atoms. The fourth-order valence-corrected chi connectivity index (χ4v) is 2.29. The lowest BCUT2D eigenvalue weighted by Crippen LogP contribution is -2.57. The van der Waals surface area contributed by atoms with E-state index < -0.39 is 0 Å². The van der Waals surface area contributed by atoms with Gasteiger partial charge in [-0.05, 0) is 19.1 Å². The molecule has 1 aromatic heterocycles. The second-order valence-corrected chi connectivity index (χ2v) is 4.93. The van der Waals surface area contributed by atoms with Crippen LogP contribution < -0.4 is 5.32 Å². The molecule has 0 aliphatic carbocycles. The van der Waals surface area contributed by atoms with Crippen molar-refractivity contribution in [2.75, 3.05) is 20.1 Å². The SMILES string of the molecule is Cc1ccc(C(=O)N(C)C2CNC2)s1. The number of nitrogens with one attached hydrogen (secondary N) is 1. The lowest BCUT2D eigenvalue weighted by Gasteiger charge is -2.35. The second kappa shape index (κ2) is 3.71. The molecule has 3 nitrogen and oxygen atoms in total. The highest BCUT2D eigenvalue weighted by Crippen LogP contribution is 2.18. The first kappa shape index (κ1) is 9.68. The van der Waals surface area contributed by atoms with E-state index in [2.05, 4.69) is 5.32 Å². The van der Waals surface area contributed by atoms with E-state index in [1.165, 1.54) is 4.88 Å².